The van der Waals surface area contributed by atoms with E-state index >= 15 is 0 Å². The monoisotopic (exact) mass is 172 g/mol. The number of nitrogens with zero attached hydrogens (tertiary/aromatic N) is 1. The van der Waals surface area contributed by atoms with Crippen molar-refractivity contribution in [2.24, 2.45) is 16.8 Å². The second kappa shape index (κ2) is 5.83. The van der Waals surface area contributed by atoms with Crippen molar-refractivity contribution in [3.05, 3.63) is 0 Å². The summed E-state index contributed by atoms with van der Waals surface area (Å²) in [5.41, 5.74) is 2.51. The molecule has 0 saturated carbocycles. The van der Waals surface area contributed by atoms with E-state index in [0.29, 0.717) is 17.9 Å². The molecule has 4 N–H and O–H groups in total. The zero-order chi connectivity index (χ0) is 9.56. The van der Waals surface area contributed by atoms with Crippen LogP contribution in [0.1, 0.15) is 27.2 Å². The van der Waals surface area contributed by atoms with E-state index in [1.165, 1.54) is 0 Å². The molecule has 0 aromatic heterocycles. The number of nitrogens with two attached hydrogens (primary N) is 1. The molecule has 72 valence electrons. The summed E-state index contributed by atoms with van der Waals surface area (Å²) in [5.74, 6) is 6.48. The van der Waals surface area contributed by atoms with Gasteiger partial charge in [0.05, 0.1) is 0 Å². The van der Waals surface area contributed by atoms with Crippen molar-refractivity contribution in [2.75, 3.05) is 7.05 Å². The second-order valence-electron chi connectivity index (χ2n) is 3.12. The van der Waals surface area contributed by atoms with Crippen molar-refractivity contribution in [3.63, 3.8) is 0 Å². The molecule has 0 spiro atoms. The van der Waals surface area contributed by atoms with Gasteiger partial charge in [-0.1, -0.05) is 20.8 Å². The molecule has 0 heterocycles. The quantitative estimate of drug-likeness (QED) is 0.251. The first kappa shape index (κ1) is 11.2. The number of aliphatic imine (C=N–C) groups is 1. The highest BCUT2D eigenvalue weighted by Crippen LogP contribution is 2.04. The molecule has 1 unspecified atom stereocenters. The Labute approximate surface area is 74.6 Å². The largest absolute Gasteiger partial charge is 0.352 e. The van der Waals surface area contributed by atoms with Gasteiger partial charge < -0.3 is 5.32 Å². The summed E-state index contributed by atoms with van der Waals surface area (Å²) >= 11 is 0. The van der Waals surface area contributed by atoms with Crippen LogP contribution in [0.3, 0.4) is 0 Å². The maximum atomic E-state index is 5.24. The number of hydrogen-bond acceptors (Lipinski definition) is 2. The van der Waals surface area contributed by atoms with Gasteiger partial charge >= 0.3 is 0 Å². The van der Waals surface area contributed by atoms with E-state index in [1.54, 1.807) is 7.05 Å². The number of guanidine groups is 1. The van der Waals surface area contributed by atoms with Crippen molar-refractivity contribution in [3.8, 4) is 0 Å². The molecule has 0 aromatic carbocycles. The molecule has 12 heavy (non-hydrogen) atoms. The molecule has 0 aromatic rings. The van der Waals surface area contributed by atoms with Crippen LogP contribution in [0.4, 0.5) is 0 Å². The van der Waals surface area contributed by atoms with Crippen LogP contribution in [-0.4, -0.2) is 19.0 Å². The topological polar surface area (TPSA) is 62.4 Å². The van der Waals surface area contributed by atoms with Gasteiger partial charge in [-0.15, -0.1) is 0 Å². The van der Waals surface area contributed by atoms with Gasteiger partial charge in [-0.25, -0.2) is 5.84 Å². The lowest BCUT2D eigenvalue weighted by Gasteiger charge is -2.22. The molecular formula is C8H20N4. The van der Waals surface area contributed by atoms with E-state index in [4.69, 9.17) is 5.84 Å². The van der Waals surface area contributed by atoms with Crippen LogP contribution in [0, 0.1) is 5.92 Å². The fourth-order valence-corrected chi connectivity index (χ4v) is 1.09. The van der Waals surface area contributed by atoms with E-state index in [-0.39, 0.29) is 0 Å². The first-order chi connectivity index (χ1) is 5.65. The number of nitrogens with one attached hydrogen (secondary N) is 2. The molecule has 1 atom stereocenters. The molecule has 0 saturated heterocycles. The van der Waals surface area contributed by atoms with Crippen molar-refractivity contribution >= 4 is 5.96 Å². The maximum absolute atomic E-state index is 5.24. The summed E-state index contributed by atoms with van der Waals surface area (Å²) in [6, 6.07) is 0.430. The number of rotatable bonds is 3. The van der Waals surface area contributed by atoms with E-state index in [2.05, 4.69) is 36.5 Å². The fraction of sp³-hybridized carbons (Fsp3) is 0.875. The lowest BCUT2D eigenvalue weighted by atomic mass is 10.0. The highest BCUT2D eigenvalue weighted by molar-refractivity contribution is 5.79. The van der Waals surface area contributed by atoms with Gasteiger partial charge in [-0.3, -0.25) is 10.4 Å². The van der Waals surface area contributed by atoms with Gasteiger partial charge in [0.2, 0.25) is 5.96 Å². The Morgan fingerprint density at radius 2 is 2.08 bits per heavy atom. The molecule has 0 fully saturated rings. The molecule has 0 bridgehead atoms. The minimum absolute atomic E-state index is 0.430. The lowest BCUT2D eigenvalue weighted by molar-refractivity contribution is 0.437. The molecule has 0 aliphatic rings. The van der Waals surface area contributed by atoms with Crippen LogP contribution < -0.4 is 16.6 Å². The third-order valence-electron chi connectivity index (χ3n) is 1.93. The van der Waals surface area contributed by atoms with Crippen molar-refractivity contribution in [1.29, 1.82) is 0 Å². The highest BCUT2D eigenvalue weighted by atomic mass is 15.3. The Morgan fingerprint density at radius 3 is 2.33 bits per heavy atom. The van der Waals surface area contributed by atoms with Gasteiger partial charge in [0.15, 0.2) is 0 Å². The summed E-state index contributed by atoms with van der Waals surface area (Å²) in [7, 11) is 1.70. The molecule has 0 radical (unpaired) electrons. The van der Waals surface area contributed by atoms with Crippen molar-refractivity contribution < 1.29 is 0 Å². The SMILES string of the molecule is CCC(NC(=NC)NN)C(C)C. The zero-order valence-corrected chi connectivity index (χ0v) is 8.39. The van der Waals surface area contributed by atoms with Gasteiger partial charge in [-0.05, 0) is 12.3 Å². The normalized spacial score (nSPS) is 14.7. The molecular weight excluding hydrogens is 152 g/mol. The first-order valence-electron chi connectivity index (χ1n) is 4.35. The first-order valence-corrected chi connectivity index (χ1v) is 4.35. The average Bonchev–Trinajstić information content (AvgIpc) is 2.06. The fourth-order valence-electron chi connectivity index (χ4n) is 1.09. The highest BCUT2D eigenvalue weighted by Gasteiger charge is 2.11. The Hall–Kier alpha value is -0.770. The van der Waals surface area contributed by atoms with Crippen LogP contribution in [0.25, 0.3) is 0 Å². The lowest BCUT2D eigenvalue weighted by Crippen LogP contribution is -2.47. The summed E-state index contributed by atoms with van der Waals surface area (Å²) in [5, 5.41) is 3.22. The molecule has 0 rings (SSSR count). The summed E-state index contributed by atoms with van der Waals surface area (Å²) in [6.45, 7) is 6.48. The van der Waals surface area contributed by atoms with Crippen LogP contribution in [-0.2, 0) is 0 Å². The van der Waals surface area contributed by atoms with Gasteiger partial charge in [0, 0.05) is 13.1 Å². The van der Waals surface area contributed by atoms with Crippen LogP contribution in [0.15, 0.2) is 4.99 Å². The van der Waals surface area contributed by atoms with E-state index in [0.717, 1.165) is 6.42 Å². The molecule has 0 aliphatic heterocycles. The van der Waals surface area contributed by atoms with Gasteiger partial charge in [0.1, 0.15) is 0 Å². The molecule has 0 aliphatic carbocycles. The summed E-state index contributed by atoms with van der Waals surface area (Å²) < 4.78 is 0. The van der Waals surface area contributed by atoms with Gasteiger partial charge in [-0.2, -0.15) is 0 Å². The summed E-state index contributed by atoms with van der Waals surface area (Å²) in [6.07, 6.45) is 1.07. The Bertz CT molecular complexity index is 142. The van der Waals surface area contributed by atoms with Gasteiger partial charge in [0.25, 0.3) is 0 Å². The minimum atomic E-state index is 0.430. The molecule has 4 heteroatoms. The van der Waals surface area contributed by atoms with E-state index in [1.807, 2.05) is 0 Å². The molecule has 4 nitrogen and oxygen atoms in total. The van der Waals surface area contributed by atoms with E-state index < -0.39 is 0 Å². The number of hydrazine groups is 1. The Morgan fingerprint density at radius 1 is 1.50 bits per heavy atom. The van der Waals surface area contributed by atoms with Crippen molar-refractivity contribution in [1.82, 2.24) is 10.7 Å². The second-order valence-corrected chi connectivity index (χ2v) is 3.12. The predicted molar refractivity (Wildman–Crippen MR) is 52.7 cm³/mol. The predicted octanol–water partition coefficient (Wildman–Crippen LogP) is 0.460. The maximum Gasteiger partial charge on any atom is 0.205 e. The standard InChI is InChI=1S/C8H20N4/c1-5-7(6(2)3)11-8(10-4)12-9/h6-7H,5,9H2,1-4H3,(H2,10,11,12). The average molecular weight is 172 g/mol. The third kappa shape index (κ3) is 3.57. The zero-order valence-electron chi connectivity index (χ0n) is 8.39. The molecule has 0 amide bonds. The summed E-state index contributed by atoms with van der Waals surface area (Å²) in [4.78, 5) is 3.95. The minimum Gasteiger partial charge on any atom is -0.352 e. The Balaban J connectivity index is 4.01. The number of hydrogen-bond donors (Lipinski definition) is 3. The Kier molecular flexibility index (Phi) is 5.45. The van der Waals surface area contributed by atoms with E-state index in [9.17, 15) is 0 Å². The van der Waals surface area contributed by atoms with Crippen LogP contribution in [0.2, 0.25) is 0 Å². The third-order valence-corrected chi connectivity index (χ3v) is 1.93. The van der Waals surface area contributed by atoms with Crippen LogP contribution in [0.5, 0.6) is 0 Å². The smallest absolute Gasteiger partial charge is 0.205 e. The van der Waals surface area contributed by atoms with Crippen LogP contribution >= 0.6 is 0 Å². The van der Waals surface area contributed by atoms with Crippen molar-refractivity contribution in [2.45, 2.75) is 33.2 Å².